The Balaban J connectivity index is 0.00000272. The van der Waals surface area contributed by atoms with Crippen LogP contribution in [-0.2, 0) is 0 Å². The van der Waals surface area contributed by atoms with Crippen LogP contribution in [0.1, 0.15) is 80.7 Å². The summed E-state index contributed by atoms with van der Waals surface area (Å²) >= 11 is 0. The molecule has 2 aromatic rings. The molecule has 2 unspecified atom stereocenters. The van der Waals surface area contributed by atoms with Gasteiger partial charge in [0.2, 0.25) is 0 Å². The number of rotatable bonds is 8. The first-order valence-corrected chi connectivity index (χ1v) is 15.0. The van der Waals surface area contributed by atoms with E-state index < -0.39 is 8.07 Å². The zero-order valence-electron chi connectivity index (χ0n) is 19.5. The van der Waals surface area contributed by atoms with Gasteiger partial charge in [0.25, 0.3) is 0 Å². The third-order valence-corrected chi connectivity index (χ3v) is 11.4. The summed E-state index contributed by atoms with van der Waals surface area (Å²) in [6.07, 6.45) is 11.7. The van der Waals surface area contributed by atoms with Gasteiger partial charge in [-0.25, -0.2) is 0 Å². The van der Waals surface area contributed by atoms with Gasteiger partial charge in [-0.3, -0.25) is 0 Å². The quantitative estimate of drug-likeness (QED) is 0.379. The first-order chi connectivity index (χ1) is 14.5. The second-order valence-electron chi connectivity index (χ2n) is 9.89. The fourth-order valence-corrected chi connectivity index (χ4v) is 9.09. The molecule has 2 atom stereocenters. The monoisotopic (exact) mass is 421 g/mol. The molecule has 0 fully saturated rings. The van der Waals surface area contributed by atoms with Crippen LogP contribution in [0.15, 0.2) is 60.7 Å². The van der Waals surface area contributed by atoms with Crippen LogP contribution in [0.2, 0.25) is 13.1 Å². The minimum atomic E-state index is -1.75. The third-order valence-electron chi connectivity index (χ3n) is 7.54. The maximum atomic E-state index is 2.62. The summed E-state index contributed by atoms with van der Waals surface area (Å²) in [6.45, 7) is 12.1. The van der Waals surface area contributed by atoms with E-state index in [-0.39, 0.29) is 18.9 Å². The minimum absolute atomic E-state index is 0. The van der Waals surface area contributed by atoms with Crippen molar-refractivity contribution in [3.05, 3.63) is 88.5 Å². The van der Waals surface area contributed by atoms with Gasteiger partial charge in [0.05, 0.1) is 8.07 Å². The summed E-state index contributed by atoms with van der Waals surface area (Å²) < 4.78 is 0. The van der Waals surface area contributed by atoms with E-state index in [1.54, 1.807) is 16.7 Å². The van der Waals surface area contributed by atoms with Gasteiger partial charge in [0.1, 0.15) is 0 Å². The van der Waals surface area contributed by atoms with Crippen LogP contribution in [0.3, 0.4) is 0 Å². The Morgan fingerprint density at radius 2 is 1.55 bits per heavy atom. The molecule has 4 rings (SSSR count). The van der Waals surface area contributed by atoms with E-state index in [9.17, 15) is 0 Å². The average Bonchev–Trinajstić information content (AvgIpc) is 3.30. The van der Waals surface area contributed by atoms with E-state index in [1.165, 1.54) is 54.4 Å². The van der Waals surface area contributed by atoms with Gasteiger partial charge in [-0.05, 0) is 58.2 Å². The molecule has 159 valence electrons. The summed E-state index contributed by atoms with van der Waals surface area (Å²) in [7, 11) is -1.75. The average molecular weight is 422 g/mol. The summed E-state index contributed by atoms with van der Waals surface area (Å²) in [6, 6.07) is 18.3. The van der Waals surface area contributed by atoms with Crippen molar-refractivity contribution in [2.24, 2.45) is 5.92 Å². The van der Waals surface area contributed by atoms with E-state index in [1.807, 2.05) is 0 Å². The SMILES string of the molecule is CCCCC(CC)CC1=C[C]([Si](C)(C)C2C=C(C)c3ccccc32)c2ccccc21.[LiH]. The van der Waals surface area contributed by atoms with Crippen molar-refractivity contribution in [3.63, 3.8) is 0 Å². The Kier molecular flexibility index (Phi) is 7.96. The molecule has 31 heavy (non-hydrogen) atoms. The first kappa shape index (κ1) is 24.4. The van der Waals surface area contributed by atoms with Gasteiger partial charge in [0, 0.05) is 5.54 Å². The molecule has 1 radical (unpaired) electrons. The molecule has 0 aromatic heterocycles. The van der Waals surface area contributed by atoms with Gasteiger partial charge in [0.15, 0.2) is 0 Å². The molecule has 0 aliphatic heterocycles. The van der Waals surface area contributed by atoms with Gasteiger partial charge in [-0.1, -0.05) is 113 Å². The molecule has 2 aromatic carbocycles. The van der Waals surface area contributed by atoms with Gasteiger partial charge in [-0.2, -0.15) is 0 Å². The Bertz CT molecular complexity index is 968. The maximum absolute atomic E-state index is 2.62. The van der Waals surface area contributed by atoms with Crippen LogP contribution in [0.5, 0.6) is 0 Å². The van der Waals surface area contributed by atoms with Crippen molar-refractivity contribution in [1.29, 1.82) is 0 Å². The first-order valence-electron chi connectivity index (χ1n) is 11.9. The van der Waals surface area contributed by atoms with Crippen LogP contribution in [0.25, 0.3) is 11.1 Å². The van der Waals surface area contributed by atoms with Gasteiger partial charge < -0.3 is 0 Å². The van der Waals surface area contributed by atoms with E-state index in [0.717, 1.165) is 5.92 Å². The summed E-state index contributed by atoms with van der Waals surface area (Å²) in [5.74, 6) is 0.808. The van der Waals surface area contributed by atoms with Gasteiger partial charge >= 0.3 is 18.9 Å². The number of benzene rings is 2. The molecule has 2 heteroatoms. The fraction of sp³-hybridized carbons (Fsp3) is 0.414. The zero-order valence-corrected chi connectivity index (χ0v) is 20.5. The molecule has 2 aliphatic rings. The zero-order chi connectivity index (χ0) is 21.3. The van der Waals surface area contributed by atoms with Crippen molar-refractivity contribution in [3.8, 4) is 0 Å². The Morgan fingerprint density at radius 3 is 2.23 bits per heavy atom. The van der Waals surface area contributed by atoms with Crippen molar-refractivity contribution in [2.75, 3.05) is 0 Å². The molecule has 0 bridgehead atoms. The van der Waals surface area contributed by atoms with E-state index >= 15 is 0 Å². The second-order valence-corrected chi connectivity index (χ2v) is 14.5. The molecule has 0 amide bonds. The van der Waals surface area contributed by atoms with Crippen molar-refractivity contribution in [2.45, 2.75) is 71.5 Å². The van der Waals surface area contributed by atoms with Gasteiger partial charge in [-0.15, -0.1) is 0 Å². The number of allylic oxidation sites excluding steroid dienone is 4. The Hall–Kier alpha value is -1.27. The molecule has 0 spiro atoms. The topological polar surface area (TPSA) is 0 Å². The second kappa shape index (κ2) is 10.1. The van der Waals surface area contributed by atoms with Crippen LogP contribution in [0, 0.1) is 11.5 Å². The molecule has 0 N–H and O–H groups in total. The molecule has 0 saturated heterocycles. The van der Waals surface area contributed by atoms with Crippen molar-refractivity contribution >= 4 is 38.1 Å². The number of fused-ring (bicyclic) bond motifs is 2. The predicted octanol–water partition coefficient (Wildman–Crippen LogP) is 7.95. The number of unbranched alkanes of at least 4 members (excludes halogenated alkanes) is 1. The normalized spacial score (nSPS) is 18.7. The van der Waals surface area contributed by atoms with Crippen LogP contribution >= 0.6 is 0 Å². The van der Waals surface area contributed by atoms with E-state index in [4.69, 9.17) is 0 Å². The standard InChI is InChI=1S/C29H37Si.Li.H/c1-6-8-13-22(7-2)19-23-20-29(27-17-12-10-15-25(23)27)30(4,5)28-18-21(3)24-14-9-11-16-26(24)28;;/h9-12,14-18,20,22,28H,6-8,13,19H2,1-5H3;;. The summed E-state index contributed by atoms with van der Waals surface area (Å²) in [5, 5.41) is 0. The summed E-state index contributed by atoms with van der Waals surface area (Å²) in [4.78, 5) is 0. The number of hydrogen-bond acceptors (Lipinski definition) is 0. The molecular formula is C29H38LiSi. The van der Waals surface area contributed by atoms with E-state index in [2.05, 4.69) is 94.5 Å². The van der Waals surface area contributed by atoms with E-state index in [0.29, 0.717) is 5.54 Å². The fourth-order valence-electron chi connectivity index (χ4n) is 5.61. The molecular weight excluding hydrogens is 383 g/mol. The summed E-state index contributed by atoms with van der Waals surface area (Å²) in [5.41, 5.74) is 11.3. The molecule has 0 nitrogen and oxygen atoms in total. The van der Waals surface area contributed by atoms with Crippen LogP contribution < -0.4 is 0 Å². The predicted molar refractivity (Wildman–Crippen MR) is 142 cm³/mol. The third kappa shape index (κ3) is 4.61. The Labute approximate surface area is 203 Å². The molecule has 2 aliphatic carbocycles. The van der Waals surface area contributed by atoms with Crippen LogP contribution in [-0.4, -0.2) is 26.9 Å². The Morgan fingerprint density at radius 1 is 0.903 bits per heavy atom. The number of hydrogen-bond donors (Lipinski definition) is 0. The molecule has 0 heterocycles. The van der Waals surface area contributed by atoms with Crippen molar-refractivity contribution < 1.29 is 0 Å². The van der Waals surface area contributed by atoms with Crippen molar-refractivity contribution in [1.82, 2.24) is 0 Å². The van der Waals surface area contributed by atoms with Crippen LogP contribution in [0.4, 0.5) is 0 Å². The molecule has 0 saturated carbocycles.